The van der Waals surface area contributed by atoms with E-state index in [4.69, 9.17) is 11.6 Å². The number of aryl methyl sites for hydroxylation is 1. The maximum absolute atomic E-state index is 11.3. The summed E-state index contributed by atoms with van der Waals surface area (Å²) in [6, 6.07) is 10.9. The lowest BCUT2D eigenvalue weighted by molar-refractivity contribution is -0.140. The van der Waals surface area contributed by atoms with Crippen LogP contribution < -0.4 is 0 Å². The van der Waals surface area contributed by atoms with E-state index >= 15 is 0 Å². The number of esters is 1. The molecule has 0 atom stereocenters. The average molecular weight is 389 g/mol. The van der Waals surface area contributed by atoms with Gasteiger partial charge in [-0.15, -0.1) is 10.2 Å². The van der Waals surface area contributed by atoms with Gasteiger partial charge in [0.1, 0.15) is 17.1 Å². The summed E-state index contributed by atoms with van der Waals surface area (Å²) in [6.07, 6.45) is 1.67. The predicted molar refractivity (Wildman–Crippen MR) is 107 cm³/mol. The highest BCUT2D eigenvalue weighted by Gasteiger charge is 2.21. The van der Waals surface area contributed by atoms with E-state index < -0.39 is 0 Å². The summed E-state index contributed by atoms with van der Waals surface area (Å²) in [5.74, 6) is -0.126. The van der Waals surface area contributed by atoms with Crippen molar-refractivity contribution < 1.29 is 14.6 Å². The van der Waals surface area contributed by atoms with Crippen LogP contribution in [0.3, 0.4) is 0 Å². The number of azo groups is 1. The lowest BCUT2D eigenvalue weighted by Gasteiger charge is -2.22. The van der Waals surface area contributed by atoms with Crippen molar-refractivity contribution in [1.29, 1.82) is 0 Å². The van der Waals surface area contributed by atoms with Gasteiger partial charge in [0.25, 0.3) is 0 Å². The molecule has 0 radical (unpaired) electrons. The second kappa shape index (κ2) is 9.00. The van der Waals surface area contributed by atoms with Gasteiger partial charge < -0.3 is 9.84 Å². The van der Waals surface area contributed by atoms with Gasteiger partial charge in [0.15, 0.2) is 0 Å². The molecule has 0 saturated heterocycles. The van der Waals surface area contributed by atoms with Crippen molar-refractivity contribution in [3.63, 3.8) is 0 Å². The number of methoxy groups -OCH3 is 1. The molecule has 0 heterocycles. The molecule has 0 aliphatic carbocycles. The monoisotopic (exact) mass is 388 g/mol. The number of carbonyl (C=O) groups is 1. The Morgan fingerprint density at radius 3 is 2.44 bits per heavy atom. The Labute approximate surface area is 165 Å². The minimum absolute atomic E-state index is 0.107. The van der Waals surface area contributed by atoms with Gasteiger partial charge in [-0.2, -0.15) is 0 Å². The lowest BCUT2D eigenvalue weighted by atomic mass is 9.84. The molecule has 6 heteroatoms. The van der Waals surface area contributed by atoms with E-state index in [0.717, 1.165) is 11.1 Å². The van der Waals surface area contributed by atoms with Gasteiger partial charge in [0, 0.05) is 12.0 Å². The first-order chi connectivity index (χ1) is 12.7. The number of halogens is 1. The summed E-state index contributed by atoms with van der Waals surface area (Å²) in [4.78, 5) is 11.3. The van der Waals surface area contributed by atoms with Crippen molar-refractivity contribution >= 4 is 28.9 Å². The average Bonchev–Trinajstić information content (AvgIpc) is 2.61. The molecule has 0 aliphatic heterocycles. The summed E-state index contributed by atoms with van der Waals surface area (Å²) >= 11 is 6.12. The van der Waals surface area contributed by atoms with E-state index in [2.05, 4.69) is 15.0 Å². The van der Waals surface area contributed by atoms with E-state index in [1.165, 1.54) is 7.11 Å². The van der Waals surface area contributed by atoms with Crippen LogP contribution >= 0.6 is 11.6 Å². The van der Waals surface area contributed by atoms with Gasteiger partial charge in [0.2, 0.25) is 0 Å². The third kappa shape index (κ3) is 5.79. The maximum Gasteiger partial charge on any atom is 0.305 e. The number of hydrogen-bond acceptors (Lipinski definition) is 5. The highest BCUT2D eigenvalue weighted by molar-refractivity contribution is 6.32. The van der Waals surface area contributed by atoms with E-state index in [1.54, 1.807) is 18.2 Å². The minimum Gasteiger partial charge on any atom is -0.505 e. The molecule has 0 aromatic heterocycles. The largest absolute Gasteiger partial charge is 0.505 e. The minimum atomic E-state index is -0.267. The van der Waals surface area contributed by atoms with E-state index in [1.807, 2.05) is 39.0 Å². The molecule has 27 heavy (non-hydrogen) atoms. The van der Waals surface area contributed by atoms with Crippen molar-refractivity contribution in [3.8, 4) is 5.75 Å². The van der Waals surface area contributed by atoms with Gasteiger partial charge in [0.05, 0.1) is 12.1 Å². The second-order valence-electron chi connectivity index (χ2n) is 7.34. The van der Waals surface area contributed by atoms with Crippen LogP contribution in [0.25, 0.3) is 0 Å². The Morgan fingerprint density at radius 2 is 1.81 bits per heavy atom. The molecule has 0 spiro atoms. The third-order valence-electron chi connectivity index (χ3n) is 4.15. The summed E-state index contributed by atoms with van der Waals surface area (Å²) in [5.41, 5.74) is 2.42. The number of benzene rings is 2. The zero-order valence-corrected chi connectivity index (χ0v) is 16.9. The van der Waals surface area contributed by atoms with Crippen LogP contribution in [0, 0.1) is 0 Å². The van der Waals surface area contributed by atoms with Crippen LogP contribution in [0.5, 0.6) is 5.75 Å². The fourth-order valence-corrected chi connectivity index (χ4v) is 2.82. The second-order valence-corrected chi connectivity index (χ2v) is 7.75. The predicted octanol–water partition coefficient (Wildman–Crippen LogP) is 6.25. The van der Waals surface area contributed by atoms with Crippen LogP contribution in [0.15, 0.2) is 46.6 Å². The first kappa shape index (κ1) is 20.9. The van der Waals surface area contributed by atoms with E-state index in [9.17, 15) is 9.90 Å². The van der Waals surface area contributed by atoms with Gasteiger partial charge >= 0.3 is 5.97 Å². The Kier molecular flexibility index (Phi) is 6.97. The summed E-state index contributed by atoms with van der Waals surface area (Å²) < 4.78 is 4.68. The Balaban J connectivity index is 2.35. The smallest absolute Gasteiger partial charge is 0.305 e. The van der Waals surface area contributed by atoms with Gasteiger partial charge in [-0.05, 0) is 42.0 Å². The van der Waals surface area contributed by atoms with Crippen LogP contribution in [0.4, 0.5) is 11.4 Å². The molecular weight excluding hydrogens is 364 g/mol. The standard InChI is InChI=1S/C21H25ClN2O3/c1-21(2,3)15-12-14(8-7-11-19(25)27-4)13-18(20(15)26)24-23-17-10-6-5-9-16(17)22/h5-6,9-10,12-13,26H,7-8,11H2,1-4H3/b24-23+. The zero-order valence-electron chi connectivity index (χ0n) is 16.1. The molecule has 0 unspecified atom stereocenters. The number of rotatable bonds is 6. The van der Waals surface area contributed by atoms with Crippen molar-refractivity contribution in [1.82, 2.24) is 0 Å². The van der Waals surface area contributed by atoms with E-state index in [-0.39, 0.29) is 17.1 Å². The number of ether oxygens (including phenoxy) is 1. The number of aromatic hydroxyl groups is 1. The van der Waals surface area contributed by atoms with Crippen LogP contribution in [0.2, 0.25) is 5.02 Å². The number of phenols is 1. The molecule has 0 aliphatic rings. The molecule has 0 amide bonds. The normalized spacial score (nSPS) is 11.7. The van der Waals surface area contributed by atoms with Crippen LogP contribution in [-0.4, -0.2) is 18.2 Å². The van der Waals surface area contributed by atoms with Crippen molar-refractivity contribution in [2.75, 3.05) is 7.11 Å². The Morgan fingerprint density at radius 1 is 1.15 bits per heavy atom. The van der Waals surface area contributed by atoms with E-state index in [0.29, 0.717) is 35.7 Å². The number of carbonyl (C=O) groups excluding carboxylic acids is 1. The molecule has 2 aromatic carbocycles. The quantitative estimate of drug-likeness (QED) is 0.469. The zero-order chi connectivity index (χ0) is 20.0. The molecule has 0 bridgehead atoms. The fraction of sp³-hybridized carbons (Fsp3) is 0.381. The Hall–Kier alpha value is -2.40. The van der Waals surface area contributed by atoms with Crippen LogP contribution in [0.1, 0.15) is 44.7 Å². The maximum atomic E-state index is 11.3. The molecule has 5 nitrogen and oxygen atoms in total. The molecule has 0 fully saturated rings. The first-order valence-electron chi connectivity index (χ1n) is 8.82. The Bertz CT molecular complexity index is 842. The first-order valence-corrected chi connectivity index (χ1v) is 9.19. The van der Waals surface area contributed by atoms with Crippen LogP contribution in [-0.2, 0) is 21.4 Å². The third-order valence-corrected chi connectivity index (χ3v) is 4.47. The molecule has 2 aromatic rings. The number of phenolic OH excluding ortho intramolecular Hbond substituents is 1. The summed E-state index contributed by atoms with van der Waals surface area (Å²) in [6.45, 7) is 6.07. The van der Waals surface area contributed by atoms with Gasteiger partial charge in [-0.1, -0.05) is 50.6 Å². The van der Waals surface area contributed by atoms with Crippen molar-refractivity contribution in [3.05, 3.63) is 52.5 Å². The highest BCUT2D eigenvalue weighted by atomic mass is 35.5. The SMILES string of the molecule is COC(=O)CCCc1cc(/N=N/c2ccccc2Cl)c(O)c(C(C)(C)C)c1. The fourth-order valence-electron chi connectivity index (χ4n) is 2.65. The van der Waals surface area contributed by atoms with Crippen molar-refractivity contribution in [2.24, 2.45) is 10.2 Å². The molecule has 144 valence electrons. The molecule has 2 rings (SSSR count). The molecular formula is C21H25ClN2O3. The molecule has 0 saturated carbocycles. The number of nitrogens with zero attached hydrogens (tertiary/aromatic N) is 2. The van der Waals surface area contributed by atoms with Gasteiger partial charge in [-0.25, -0.2) is 0 Å². The highest BCUT2D eigenvalue weighted by Crippen LogP contribution is 2.40. The van der Waals surface area contributed by atoms with Gasteiger partial charge in [-0.3, -0.25) is 4.79 Å². The molecule has 1 N–H and O–H groups in total. The lowest BCUT2D eigenvalue weighted by Crippen LogP contribution is -2.12. The van der Waals surface area contributed by atoms with Crippen molar-refractivity contribution in [2.45, 2.75) is 45.4 Å². The number of hydrogen-bond donors (Lipinski definition) is 1. The topological polar surface area (TPSA) is 71.2 Å². The summed E-state index contributed by atoms with van der Waals surface area (Å²) in [5, 5.41) is 19.6. The summed E-state index contributed by atoms with van der Waals surface area (Å²) in [7, 11) is 1.38.